The van der Waals surface area contributed by atoms with E-state index in [0.717, 1.165) is 18.0 Å². The van der Waals surface area contributed by atoms with E-state index in [1.807, 2.05) is 7.05 Å². The van der Waals surface area contributed by atoms with E-state index >= 15 is 0 Å². The van der Waals surface area contributed by atoms with Gasteiger partial charge in [-0.15, -0.1) is 0 Å². The van der Waals surface area contributed by atoms with Crippen molar-refractivity contribution in [1.82, 2.24) is 10.3 Å². The summed E-state index contributed by atoms with van der Waals surface area (Å²) in [5.74, 6) is 0.806. The molecule has 1 atom stereocenters. The third-order valence-electron chi connectivity index (χ3n) is 3.56. The zero-order valence-corrected chi connectivity index (χ0v) is 11.6. The number of nitrogens with zero attached hydrogens (tertiary/aromatic N) is 1. The molecule has 2 rings (SSSR count). The lowest BCUT2D eigenvalue weighted by atomic mass is 9.96. The molecule has 1 aliphatic carbocycles. The summed E-state index contributed by atoms with van der Waals surface area (Å²) in [6.45, 7) is 0. The van der Waals surface area contributed by atoms with Crippen LogP contribution >= 0.6 is 23.2 Å². The summed E-state index contributed by atoms with van der Waals surface area (Å²) in [5.41, 5.74) is 0.922. The van der Waals surface area contributed by atoms with Crippen molar-refractivity contribution in [2.75, 3.05) is 7.05 Å². The molecule has 1 aromatic rings. The average molecular weight is 273 g/mol. The summed E-state index contributed by atoms with van der Waals surface area (Å²) in [6, 6.07) is 2.01. The van der Waals surface area contributed by atoms with Crippen LogP contribution in [0.4, 0.5) is 0 Å². The van der Waals surface area contributed by atoms with Crippen molar-refractivity contribution in [2.24, 2.45) is 5.92 Å². The standard InChI is InChI=1S/C13H18Cl2N2/c1-16-12(6-9-4-2-3-5-9)13-11(15)7-10(14)8-17-13/h7-9,12,16H,2-6H2,1H3. The molecule has 1 fully saturated rings. The Kier molecular flexibility index (Phi) is 4.66. The molecule has 0 amide bonds. The first-order chi connectivity index (χ1) is 8.20. The number of rotatable bonds is 4. The molecule has 1 aliphatic rings. The summed E-state index contributed by atoms with van der Waals surface area (Å²) in [6.07, 6.45) is 8.19. The second-order valence-electron chi connectivity index (χ2n) is 4.75. The van der Waals surface area contributed by atoms with Gasteiger partial charge in [0.2, 0.25) is 0 Å². The molecule has 0 aromatic carbocycles. The fraction of sp³-hybridized carbons (Fsp3) is 0.615. The second kappa shape index (κ2) is 6.03. The van der Waals surface area contributed by atoms with Crippen molar-refractivity contribution >= 4 is 23.2 Å². The number of hydrogen-bond acceptors (Lipinski definition) is 2. The van der Waals surface area contributed by atoms with Gasteiger partial charge >= 0.3 is 0 Å². The minimum absolute atomic E-state index is 0.239. The molecule has 1 aromatic heterocycles. The summed E-state index contributed by atoms with van der Waals surface area (Å²) in [7, 11) is 1.96. The summed E-state index contributed by atoms with van der Waals surface area (Å²) in [4.78, 5) is 4.36. The predicted molar refractivity (Wildman–Crippen MR) is 72.6 cm³/mol. The van der Waals surface area contributed by atoms with Crippen molar-refractivity contribution in [3.05, 3.63) is 28.0 Å². The van der Waals surface area contributed by atoms with E-state index in [9.17, 15) is 0 Å². The van der Waals surface area contributed by atoms with Crippen LogP contribution in [0.1, 0.15) is 43.8 Å². The first-order valence-corrected chi connectivity index (χ1v) is 6.94. The number of halogens is 2. The first kappa shape index (κ1) is 13.1. The number of nitrogens with one attached hydrogen (secondary N) is 1. The van der Waals surface area contributed by atoms with Crippen molar-refractivity contribution in [1.29, 1.82) is 0 Å². The normalized spacial score (nSPS) is 18.5. The van der Waals surface area contributed by atoms with Crippen molar-refractivity contribution in [2.45, 2.75) is 38.1 Å². The van der Waals surface area contributed by atoms with Crippen molar-refractivity contribution < 1.29 is 0 Å². The van der Waals surface area contributed by atoms with E-state index in [1.54, 1.807) is 12.3 Å². The molecule has 1 unspecified atom stereocenters. The largest absolute Gasteiger partial charge is 0.312 e. The molecule has 94 valence electrons. The highest BCUT2D eigenvalue weighted by Crippen LogP contribution is 2.34. The number of aromatic nitrogens is 1. The van der Waals surface area contributed by atoms with Crippen LogP contribution in [-0.2, 0) is 0 Å². The third-order valence-corrected chi connectivity index (χ3v) is 4.07. The lowest BCUT2D eigenvalue weighted by molar-refractivity contribution is 0.408. The van der Waals surface area contributed by atoms with Crippen LogP contribution in [0.15, 0.2) is 12.3 Å². The van der Waals surface area contributed by atoms with E-state index in [1.165, 1.54) is 25.7 Å². The van der Waals surface area contributed by atoms with Crippen LogP contribution in [0.25, 0.3) is 0 Å². The van der Waals surface area contributed by atoms with Crippen LogP contribution in [0.5, 0.6) is 0 Å². The Morgan fingerprint density at radius 1 is 1.41 bits per heavy atom. The minimum atomic E-state index is 0.239. The average Bonchev–Trinajstić information content (AvgIpc) is 2.79. The molecule has 1 heterocycles. The smallest absolute Gasteiger partial charge is 0.0760 e. The molecule has 0 bridgehead atoms. The highest BCUT2D eigenvalue weighted by atomic mass is 35.5. The highest BCUT2D eigenvalue weighted by Gasteiger charge is 2.22. The van der Waals surface area contributed by atoms with Crippen molar-refractivity contribution in [3.8, 4) is 0 Å². The van der Waals surface area contributed by atoms with E-state index in [-0.39, 0.29) is 6.04 Å². The van der Waals surface area contributed by atoms with Gasteiger partial charge in [0.25, 0.3) is 0 Å². The molecule has 2 nitrogen and oxygen atoms in total. The molecule has 1 saturated carbocycles. The van der Waals surface area contributed by atoms with Gasteiger partial charge in [-0.2, -0.15) is 0 Å². The lowest BCUT2D eigenvalue weighted by Gasteiger charge is -2.20. The lowest BCUT2D eigenvalue weighted by Crippen LogP contribution is -2.20. The summed E-state index contributed by atoms with van der Waals surface area (Å²) < 4.78 is 0. The van der Waals surface area contributed by atoms with E-state index in [4.69, 9.17) is 23.2 Å². The predicted octanol–water partition coefficient (Wildman–Crippen LogP) is 4.23. The Balaban J connectivity index is 2.10. The first-order valence-electron chi connectivity index (χ1n) is 6.19. The number of hydrogen-bond donors (Lipinski definition) is 1. The van der Waals surface area contributed by atoms with Gasteiger partial charge in [-0.1, -0.05) is 48.9 Å². The second-order valence-corrected chi connectivity index (χ2v) is 5.59. The quantitative estimate of drug-likeness (QED) is 0.888. The SMILES string of the molecule is CNC(CC1CCCC1)c1ncc(Cl)cc1Cl. The maximum atomic E-state index is 6.20. The van der Waals surface area contributed by atoms with Gasteiger partial charge in [0.05, 0.1) is 21.8 Å². The zero-order valence-electron chi connectivity index (χ0n) is 10.0. The van der Waals surface area contributed by atoms with Gasteiger partial charge in [0.15, 0.2) is 0 Å². The Labute approximate surface area is 113 Å². The molecule has 17 heavy (non-hydrogen) atoms. The van der Waals surface area contributed by atoms with Gasteiger partial charge < -0.3 is 5.32 Å². The fourth-order valence-corrected chi connectivity index (χ4v) is 3.14. The molecule has 0 radical (unpaired) electrons. The van der Waals surface area contributed by atoms with Gasteiger partial charge in [0, 0.05) is 6.20 Å². The van der Waals surface area contributed by atoms with Gasteiger partial charge in [-0.05, 0) is 25.5 Å². The fourth-order valence-electron chi connectivity index (χ4n) is 2.63. The van der Waals surface area contributed by atoms with Gasteiger partial charge in [0.1, 0.15) is 0 Å². The topological polar surface area (TPSA) is 24.9 Å². The summed E-state index contributed by atoms with van der Waals surface area (Å²) in [5, 5.41) is 4.57. The molecule has 0 spiro atoms. The van der Waals surface area contributed by atoms with Crippen LogP contribution in [0, 0.1) is 5.92 Å². The maximum absolute atomic E-state index is 6.20. The van der Waals surface area contributed by atoms with E-state index < -0.39 is 0 Å². The molecule has 0 saturated heterocycles. The Hall–Kier alpha value is -0.310. The van der Waals surface area contributed by atoms with Crippen LogP contribution in [-0.4, -0.2) is 12.0 Å². The van der Waals surface area contributed by atoms with Crippen LogP contribution in [0.3, 0.4) is 0 Å². The van der Waals surface area contributed by atoms with Crippen LogP contribution < -0.4 is 5.32 Å². The van der Waals surface area contributed by atoms with E-state index in [2.05, 4.69) is 10.3 Å². The molecule has 4 heteroatoms. The molecule has 0 aliphatic heterocycles. The molecular formula is C13H18Cl2N2. The van der Waals surface area contributed by atoms with Crippen LogP contribution in [0.2, 0.25) is 10.0 Å². The van der Waals surface area contributed by atoms with Gasteiger partial charge in [-0.3, -0.25) is 4.98 Å². The molecule has 1 N–H and O–H groups in total. The Morgan fingerprint density at radius 3 is 2.71 bits per heavy atom. The number of pyridine rings is 1. The molecular weight excluding hydrogens is 255 g/mol. The van der Waals surface area contributed by atoms with Crippen molar-refractivity contribution in [3.63, 3.8) is 0 Å². The minimum Gasteiger partial charge on any atom is -0.312 e. The van der Waals surface area contributed by atoms with Gasteiger partial charge in [-0.25, -0.2) is 0 Å². The maximum Gasteiger partial charge on any atom is 0.0760 e. The monoisotopic (exact) mass is 272 g/mol. The highest BCUT2D eigenvalue weighted by molar-refractivity contribution is 6.34. The Morgan fingerprint density at radius 2 is 2.12 bits per heavy atom. The Bertz CT molecular complexity index is 376. The van der Waals surface area contributed by atoms with E-state index in [0.29, 0.717) is 10.0 Å². The summed E-state index contributed by atoms with van der Waals surface area (Å²) >= 11 is 12.1. The third kappa shape index (κ3) is 3.34. The zero-order chi connectivity index (χ0) is 12.3.